The van der Waals surface area contributed by atoms with E-state index in [-0.39, 0.29) is 17.7 Å². The highest BCUT2D eigenvalue weighted by molar-refractivity contribution is 5.20. The van der Waals surface area contributed by atoms with E-state index in [9.17, 15) is 5.11 Å². The number of aliphatic hydroxyl groups is 1. The Kier molecular flexibility index (Phi) is 6.41. The lowest BCUT2D eigenvalue weighted by atomic mass is 9.96. The molecule has 1 rings (SSSR count). The quantitative estimate of drug-likeness (QED) is 0.810. The molecule has 2 unspecified atom stereocenters. The molecule has 0 saturated carbocycles. The van der Waals surface area contributed by atoms with Crippen LogP contribution in [0.4, 0.5) is 0 Å². The second-order valence-electron chi connectivity index (χ2n) is 7.06. The van der Waals surface area contributed by atoms with Gasteiger partial charge >= 0.3 is 0 Å². The van der Waals surface area contributed by atoms with Crippen LogP contribution in [0.2, 0.25) is 0 Å². The van der Waals surface area contributed by atoms with Crippen molar-refractivity contribution in [3.8, 4) is 0 Å². The van der Waals surface area contributed by atoms with Gasteiger partial charge in [-0.2, -0.15) is 5.10 Å². The summed E-state index contributed by atoms with van der Waals surface area (Å²) in [5.74, 6) is 0.378. The summed E-state index contributed by atoms with van der Waals surface area (Å²) in [6.45, 7) is 15.5. The largest absolute Gasteiger partial charge is 0.392 e. The molecule has 1 heterocycles. The summed E-state index contributed by atoms with van der Waals surface area (Å²) in [6.07, 6.45) is 3.89. The Morgan fingerprint density at radius 2 is 1.86 bits per heavy atom. The van der Waals surface area contributed by atoms with Crippen LogP contribution < -0.4 is 5.32 Å². The molecule has 0 spiro atoms. The van der Waals surface area contributed by atoms with Crippen LogP contribution in [0.1, 0.15) is 71.7 Å². The van der Waals surface area contributed by atoms with Crippen molar-refractivity contribution in [1.29, 1.82) is 0 Å². The topological polar surface area (TPSA) is 50.1 Å². The monoisotopic (exact) mass is 295 g/mol. The van der Waals surface area contributed by atoms with Crippen molar-refractivity contribution in [3.63, 3.8) is 0 Å². The van der Waals surface area contributed by atoms with Gasteiger partial charge < -0.3 is 10.4 Å². The van der Waals surface area contributed by atoms with E-state index in [4.69, 9.17) is 0 Å². The second-order valence-corrected chi connectivity index (χ2v) is 7.06. The average molecular weight is 295 g/mol. The summed E-state index contributed by atoms with van der Waals surface area (Å²) < 4.78 is 2.02. The molecule has 4 nitrogen and oxygen atoms in total. The molecule has 1 aromatic rings. The molecule has 0 aromatic carbocycles. The zero-order valence-electron chi connectivity index (χ0n) is 14.8. The van der Waals surface area contributed by atoms with Crippen LogP contribution >= 0.6 is 0 Å². The molecule has 0 fully saturated rings. The van der Waals surface area contributed by atoms with Crippen LogP contribution in [0.15, 0.2) is 6.20 Å². The van der Waals surface area contributed by atoms with Crippen LogP contribution in [-0.2, 0) is 5.54 Å². The first-order chi connectivity index (χ1) is 9.70. The van der Waals surface area contributed by atoms with E-state index < -0.39 is 0 Å². The van der Waals surface area contributed by atoms with Crippen molar-refractivity contribution in [2.75, 3.05) is 6.54 Å². The Balaban J connectivity index is 2.68. The van der Waals surface area contributed by atoms with E-state index in [1.165, 1.54) is 5.56 Å². The molecule has 0 aliphatic heterocycles. The smallest absolute Gasteiger partial charge is 0.0692 e. The van der Waals surface area contributed by atoms with Gasteiger partial charge in [0.15, 0.2) is 0 Å². The maximum Gasteiger partial charge on any atom is 0.0692 e. The van der Waals surface area contributed by atoms with Gasteiger partial charge in [0, 0.05) is 24.3 Å². The Bertz CT molecular complexity index is 430. The number of aromatic nitrogens is 2. The van der Waals surface area contributed by atoms with Gasteiger partial charge in [-0.05, 0) is 40.5 Å². The highest BCUT2D eigenvalue weighted by atomic mass is 16.3. The van der Waals surface area contributed by atoms with Gasteiger partial charge in [0.1, 0.15) is 0 Å². The SMILES string of the molecule is CCC(CC)C(O)CNC(C)c1cn(C(C)(C)C)nc1C. The number of aliphatic hydroxyl groups excluding tert-OH is 1. The molecular weight excluding hydrogens is 262 g/mol. The predicted octanol–water partition coefficient (Wildman–Crippen LogP) is 3.39. The lowest BCUT2D eigenvalue weighted by Crippen LogP contribution is -2.34. The van der Waals surface area contributed by atoms with E-state index >= 15 is 0 Å². The number of rotatable bonds is 7. The van der Waals surface area contributed by atoms with Crippen LogP contribution in [-0.4, -0.2) is 27.5 Å². The molecule has 0 bridgehead atoms. The molecular formula is C17H33N3O. The van der Waals surface area contributed by atoms with Gasteiger partial charge in [0.25, 0.3) is 0 Å². The minimum atomic E-state index is -0.277. The fourth-order valence-corrected chi connectivity index (χ4v) is 2.65. The Labute approximate surface area is 129 Å². The average Bonchev–Trinajstić information content (AvgIpc) is 2.79. The molecule has 2 N–H and O–H groups in total. The number of nitrogens with one attached hydrogen (secondary N) is 1. The van der Waals surface area contributed by atoms with Crippen molar-refractivity contribution in [3.05, 3.63) is 17.5 Å². The van der Waals surface area contributed by atoms with Crippen molar-refractivity contribution in [1.82, 2.24) is 15.1 Å². The zero-order valence-corrected chi connectivity index (χ0v) is 14.8. The maximum atomic E-state index is 10.2. The number of nitrogens with zero attached hydrogens (tertiary/aromatic N) is 2. The summed E-state index contributed by atoms with van der Waals surface area (Å²) in [5.41, 5.74) is 2.27. The van der Waals surface area contributed by atoms with Crippen LogP contribution in [0, 0.1) is 12.8 Å². The van der Waals surface area contributed by atoms with E-state index in [1.807, 2.05) is 11.6 Å². The van der Waals surface area contributed by atoms with E-state index in [0.29, 0.717) is 12.5 Å². The highest BCUT2D eigenvalue weighted by Gasteiger charge is 2.21. The fraction of sp³-hybridized carbons (Fsp3) is 0.824. The summed E-state index contributed by atoms with van der Waals surface area (Å²) in [4.78, 5) is 0. The first-order valence-electron chi connectivity index (χ1n) is 8.18. The molecule has 122 valence electrons. The van der Waals surface area contributed by atoms with Gasteiger partial charge in [-0.25, -0.2) is 0 Å². The van der Waals surface area contributed by atoms with E-state index in [1.54, 1.807) is 0 Å². The number of aryl methyl sites for hydroxylation is 1. The maximum absolute atomic E-state index is 10.2. The lowest BCUT2D eigenvalue weighted by molar-refractivity contribution is 0.0988. The lowest BCUT2D eigenvalue weighted by Gasteiger charge is -2.23. The Hall–Kier alpha value is -0.870. The third kappa shape index (κ3) is 4.82. The minimum Gasteiger partial charge on any atom is -0.392 e. The zero-order chi connectivity index (χ0) is 16.2. The molecule has 1 aromatic heterocycles. The molecule has 0 amide bonds. The standard InChI is InChI=1S/C17H33N3O/c1-8-14(9-2)16(21)10-18-12(3)15-11-20(17(5,6)7)19-13(15)4/h11-12,14,16,18,21H,8-10H2,1-7H3. The van der Waals surface area contributed by atoms with Crippen molar-refractivity contribution >= 4 is 0 Å². The van der Waals surface area contributed by atoms with Gasteiger partial charge in [0.2, 0.25) is 0 Å². The third-order valence-corrected chi connectivity index (χ3v) is 4.32. The molecule has 0 radical (unpaired) electrons. The normalized spacial score (nSPS) is 15.5. The molecule has 0 saturated heterocycles. The fourth-order valence-electron chi connectivity index (χ4n) is 2.65. The third-order valence-electron chi connectivity index (χ3n) is 4.32. The molecule has 4 heteroatoms. The highest BCUT2D eigenvalue weighted by Crippen LogP contribution is 2.21. The number of hydrogen-bond acceptors (Lipinski definition) is 3. The Morgan fingerprint density at radius 1 is 1.29 bits per heavy atom. The summed E-state index contributed by atoms with van der Waals surface area (Å²) in [7, 11) is 0. The Morgan fingerprint density at radius 3 is 2.29 bits per heavy atom. The minimum absolute atomic E-state index is 0.00222. The van der Waals surface area contributed by atoms with Gasteiger partial charge in [-0.3, -0.25) is 4.68 Å². The molecule has 21 heavy (non-hydrogen) atoms. The second kappa shape index (κ2) is 7.41. The van der Waals surface area contributed by atoms with Gasteiger partial charge in [0.05, 0.1) is 17.3 Å². The van der Waals surface area contributed by atoms with Crippen LogP contribution in [0.25, 0.3) is 0 Å². The first-order valence-corrected chi connectivity index (χ1v) is 8.18. The molecule has 0 aliphatic carbocycles. The summed E-state index contributed by atoms with van der Waals surface area (Å²) in [6, 6.07) is 0.199. The molecule has 0 aliphatic rings. The van der Waals surface area contributed by atoms with Crippen molar-refractivity contribution in [2.45, 2.75) is 79.0 Å². The predicted molar refractivity (Wildman–Crippen MR) is 88.5 cm³/mol. The summed E-state index contributed by atoms with van der Waals surface area (Å²) in [5, 5.41) is 18.3. The van der Waals surface area contributed by atoms with E-state index in [2.05, 4.69) is 58.2 Å². The first kappa shape index (κ1) is 18.2. The molecule has 2 atom stereocenters. The van der Waals surface area contributed by atoms with Crippen LogP contribution in [0.3, 0.4) is 0 Å². The van der Waals surface area contributed by atoms with E-state index in [0.717, 1.165) is 18.5 Å². The number of hydrogen-bond donors (Lipinski definition) is 2. The van der Waals surface area contributed by atoms with Gasteiger partial charge in [-0.1, -0.05) is 26.7 Å². The van der Waals surface area contributed by atoms with Gasteiger partial charge in [-0.15, -0.1) is 0 Å². The van der Waals surface area contributed by atoms with Crippen molar-refractivity contribution in [2.24, 2.45) is 5.92 Å². The van der Waals surface area contributed by atoms with Crippen molar-refractivity contribution < 1.29 is 5.11 Å². The van der Waals surface area contributed by atoms with Crippen LogP contribution in [0.5, 0.6) is 0 Å². The summed E-state index contributed by atoms with van der Waals surface area (Å²) >= 11 is 0.